The third-order valence-electron chi connectivity index (χ3n) is 6.01. The molecule has 1 aromatic rings. The van der Waals surface area contributed by atoms with E-state index in [0.29, 0.717) is 5.92 Å². The van der Waals surface area contributed by atoms with Crippen molar-refractivity contribution in [3.05, 3.63) is 34.3 Å². The number of hydrogen-bond acceptors (Lipinski definition) is 2. The van der Waals surface area contributed by atoms with Crippen LogP contribution in [0.2, 0.25) is 0 Å². The first-order valence-electron chi connectivity index (χ1n) is 10.5. The lowest BCUT2D eigenvalue weighted by atomic mass is 9.81. The molecule has 0 aliphatic heterocycles. The molecule has 0 spiro atoms. The van der Waals surface area contributed by atoms with Crippen LogP contribution in [0.3, 0.4) is 0 Å². The van der Waals surface area contributed by atoms with Gasteiger partial charge in [0.05, 0.1) is 0 Å². The van der Waals surface area contributed by atoms with Gasteiger partial charge < -0.3 is 11.5 Å². The van der Waals surface area contributed by atoms with E-state index in [1.807, 2.05) is 0 Å². The maximum Gasteiger partial charge on any atom is 0.185 e. The molecule has 2 rings (SSSR count). The molecule has 0 amide bonds. The molecule has 152 valence electrons. The van der Waals surface area contributed by atoms with Gasteiger partial charge in [-0.25, -0.2) is 0 Å². The Kier molecular flexibility index (Phi) is 9.63. The molecule has 5 heteroatoms. The fraction of sp³-hybridized carbons (Fsp3) is 0.682. The molecule has 27 heavy (non-hydrogen) atoms. The molecule has 0 heterocycles. The van der Waals surface area contributed by atoms with Crippen molar-refractivity contribution in [2.45, 2.75) is 58.9 Å². The highest BCUT2D eigenvalue weighted by atomic mass is 79.9. The van der Waals surface area contributed by atoms with Crippen LogP contribution in [0.25, 0.3) is 0 Å². The van der Waals surface area contributed by atoms with Gasteiger partial charge in [0, 0.05) is 30.7 Å². The fourth-order valence-electron chi connectivity index (χ4n) is 4.16. The van der Waals surface area contributed by atoms with E-state index in [0.717, 1.165) is 29.4 Å². The Morgan fingerprint density at radius 1 is 1.07 bits per heavy atom. The first-order chi connectivity index (χ1) is 13.0. The maximum atomic E-state index is 5.48. The summed E-state index contributed by atoms with van der Waals surface area (Å²) in [6, 6.07) is 8.80. The topological polar surface area (TPSA) is 67.6 Å². The highest BCUT2D eigenvalue weighted by molar-refractivity contribution is 9.10. The second-order valence-corrected chi connectivity index (χ2v) is 9.07. The van der Waals surface area contributed by atoms with E-state index in [1.165, 1.54) is 57.2 Å². The molecule has 1 fully saturated rings. The first-order valence-corrected chi connectivity index (χ1v) is 11.3. The van der Waals surface area contributed by atoms with Gasteiger partial charge >= 0.3 is 0 Å². The monoisotopic (exact) mass is 436 g/mol. The summed E-state index contributed by atoms with van der Waals surface area (Å²) in [5.74, 6) is 2.47. The van der Waals surface area contributed by atoms with Crippen molar-refractivity contribution in [2.24, 2.45) is 34.2 Å². The number of rotatable bonds is 10. The van der Waals surface area contributed by atoms with Crippen molar-refractivity contribution in [3.63, 3.8) is 0 Å². The van der Waals surface area contributed by atoms with E-state index in [4.69, 9.17) is 11.5 Å². The van der Waals surface area contributed by atoms with Gasteiger partial charge in [0.25, 0.3) is 0 Å². The smallest absolute Gasteiger partial charge is 0.185 e. The Morgan fingerprint density at radius 3 is 2.22 bits per heavy atom. The number of guanidine groups is 1. The van der Waals surface area contributed by atoms with Crippen LogP contribution in [0, 0.1) is 17.8 Å². The quantitative estimate of drug-likeness (QED) is 0.409. The van der Waals surface area contributed by atoms with Crippen LogP contribution < -0.4 is 11.5 Å². The lowest BCUT2D eigenvalue weighted by Gasteiger charge is -2.34. The Balaban J connectivity index is 1.91. The lowest BCUT2D eigenvalue weighted by Crippen LogP contribution is -2.35. The van der Waals surface area contributed by atoms with Crippen molar-refractivity contribution in [1.29, 1.82) is 0 Å². The third-order valence-corrected chi connectivity index (χ3v) is 6.53. The average Bonchev–Trinajstić information content (AvgIpc) is 2.67. The average molecular weight is 437 g/mol. The van der Waals surface area contributed by atoms with Crippen LogP contribution in [0.1, 0.15) is 57.9 Å². The van der Waals surface area contributed by atoms with Gasteiger partial charge in [0.2, 0.25) is 0 Å². The largest absolute Gasteiger partial charge is 0.370 e. The SMILES string of the molecule is CCC(CC)CN(Cc1ccc(Br)cc1)CC1CCC(CN=C(N)N)CC1. The Hall–Kier alpha value is -1.07. The number of nitrogens with zero attached hydrogens (tertiary/aromatic N) is 2. The molecular formula is C22H37BrN4. The summed E-state index contributed by atoms with van der Waals surface area (Å²) < 4.78 is 1.15. The molecular weight excluding hydrogens is 400 g/mol. The number of halogens is 1. The zero-order chi connectivity index (χ0) is 19.6. The predicted molar refractivity (Wildman–Crippen MR) is 120 cm³/mol. The van der Waals surface area contributed by atoms with Gasteiger partial charge in [-0.3, -0.25) is 9.89 Å². The number of benzene rings is 1. The summed E-state index contributed by atoms with van der Waals surface area (Å²) in [7, 11) is 0. The molecule has 0 saturated heterocycles. The van der Waals surface area contributed by atoms with E-state index in [-0.39, 0.29) is 5.96 Å². The molecule has 0 radical (unpaired) electrons. The lowest BCUT2D eigenvalue weighted by molar-refractivity contribution is 0.153. The summed E-state index contributed by atoms with van der Waals surface area (Å²) in [6.07, 6.45) is 7.61. The van der Waals surface area contributed by atoms with Gasteiger partial charge in [-0.1, -0.05) is 54.8 Å². The molecule has 4 nitrogen and oxygen atoms in total. The zero-order valence-corrected chi connectivity index (χ0v) is 18.6. The maximum absolute atomic E-state index is 5.48. The van der Waals surface area contributed by atoms with Crippen molar-refractivity contribution in [2.75, 3.05) is 19.6 Å². The summed E-state index contributed by atoms with van der Waals surface area (Å²) in [5.41, 5.74) is 12.4. The Bertz CT molecular complexity index is 556. The van der Waals surface area contributed by atoms with Gasteiger partial charge in [0.1, 0.15) is 0 Å². The van der Waals surface area contributed by atoms with Crippen LogP contribution in [0.15, 0.2) is 33.7 Å². The van der Waals surface area contributed by atoms with Crippen molar-refractivity contribution in [3.8, 4) is 0 Å². The summed E-state index contributed by atoms with van der Waals surface area (Å²) in [6.45, 7) is 8.91. The summed E-state index contributed by atoms with van der Waals surface area (Å²) in [5, 5.41) is 0. The second-order valence-electron chi connectivity index (χ2n) is 8.16. The van der Waals surface area contributed by atoms with E-state index in [1.54, 1.807) is 0 Å². The Labute approximate surface area is 173 Å². The van der Waals surface area contributed by atoms with E-state index in [9.17, 15) is 0 Å². The highest BCUT2D eigenvalue weighted by Gasteiger charge is 2.24. The Morgan fingerprint density at radius 2 is 1.67 bits per heavy atom. The molecule has 1 aliphatic rings. The van der Waals surface area contributed by atoms with Crippen LogP contribution in [0.5, 0.6) is 0 Å². The molecule has 0 atom stereocenters. The zero-order valence-electron chi connectivity index (χ0n) is 17.0. The van der Waals surface area contributed by atoms with E-state index < -0.39 is 0 Å². The minimum absolute atomic E-state index is 0.225. The van der Waals surface area contributed by atoms with Crippen molar-refractivity contribution >= 4 is 21.9 Å². The standard InChI is InChI=1S/C22H37BrN4/c1-3-17(4-2)14-27(16-20-9-11-21(23)12-10-20)15-19-7-5-18(6-8-19)13-26-22(24)25/h9-12,17-19H,3-8,13-16H2,1-2H3,(H4,24,25,26). The van der Waals surface area contributed by atoms with Crippen LogP contribution >= 0.6 is 15.9 Å². The summed E-state index contributed by atoms with van der Waals surface area (Å²) >= 11 is 3.54. The molecule has 0 unspecified atom stereocenters. The molecule has 1 aliphatic carbocycles. The van der Waals surface area contributed by atoms with Gasteiger partial charge in [-0.2, -0.15) is 0 Å². The van der Waals surface area contributed by atoms with Gasteiger partial charge in [-0.15, -0.1) is 0 Å². The molecule has 1 saturated carbocycles. The van der Waals surface area contributed by atoms with Gasteiger partial charge in [0.15, 0.2) is 5.96 Å². The second kappa shape index (κ2) is 11.7. The number of hydrogen-bond donors (Lipinski definition) is 2. The van der Waals surface area contributed by atoms with Crippen LogP contribution in [0.4, 0.5) is 0 Å². The van der Waals surface area contributed by atoms with Crippen molar-refractivity contribution in [1.82, 2.24) is 4.90 Å². The van der Waals surface area contributed by atoms with Crippen LogP contribution in [-0.4, -0.2) is 30.5 Å². The number of aliphatic imine (C=N–C) groups is 1. The molecule has 1 aromatic carbocycles. The number of nitrogens with two attached hydrogens (primary N) is 2. The third kappa shape index (κ3) is 8.22. The summed E-state index contributed by atoms with van der Waals surface area (Å²) in [4.78, 5) is 6.91. The van der Waals surface area contributed by atoms with E-state index >= 15 is 0 Å². The first kappa shape index (κ1) is 22.2. The van der Waals surface area contributed by atoms with Crippen molar-refractivity contribution < 1.29 is 0 Å². The fourth-order valence-corrected chi connectivity index (χ4v) is 4.42. The molecule has 4 N–H and O–H groups in total. The minimum Gasteiger partial charge on any atom is -0.370 e. The van der Waals surface area contributed by atoms with Crippen LogP contribution in [-0.2, 0) is 6.54 Å². The van der Waals surface area contributed by atoms with Gasteiger partial charge in [-0.05, 0) is 61.1 Å². The minimum atomic E-state index is 0.225. The normalized spacial score (nSPS) is 20.2. The molecule has 0 aromatic heterocycles. The predicted octanol–water partition coefficient (Wildman–Crippen LogP) is 4.77. The highest BCUT2D eigenvalue weighted by Crippen LogP contribution is 2.30. The molecule has 0 bridgehead atoms. The van der Waals surface area contributed by atoms with E-state index in [2.05, 4.69) is 63.9 Å².